The lowest BCUT2D eigenvalue weighted by atomic mass is 9.86. The van der Waals surface area contributed by atoms with Gasteiger partial charge in [0.2, 0.25) is 0 Å². The van der Waals surface area contributed by atoms with Gasteiger partial charge < -0.3 is 20.7 Å². The highest BCUT2D eigenvalue weighted by Crippen LogP contribution is 2.37. The zero-order valence-electron chi connectivity index (χ0n) is 21.6. The number of hydrogen-bond acceptors (Lipinski definition) is 4. The molecule has 2 rings (SSSR count). The van der Waals surface area contributed by atoms with Crippen molar-refractivity contribution < 1.29 is 31.1 Å². The number of halogens is 6. The third kappa shape index (κ3) is 10.4. The molecule has 0 heterocycles. The van der Waals surface area contributed by atoms with E-state index < -0.39 is 23.5 Å². The lowest BCUT2D eigenvalue weighted by Crippen LogP contribution is -2.39. The number of nitrogens with one attached hydrogen (secondary N) is 3. The maximum absolute atomic E-state index is 13.0. The van der Waals surface area contributed by atoms with Gasteiger partial charge >= 0.3 is 12.4 Å². The molecule has 0 radical (unpaired) electrons. The van der Waals surface area contributed by atoms with E-state index in [1.54, 1.807) is 0 Å². The quantitative estimate of drug-likeness (QED) is 0.195. The molecule has 0 aromatic heterocycles. The van der Waals surface area contributed by atoms with Gasteiger partial charge in [-0.05, 0) is 75.3 Å². The predicted molar refractivity (Wildman–Crippen MR) is 135 cm³/mol. The summed E-state index contributed by atoms with van der Waals surface area (Å²) in [6.45, 7) is 8.51. The van der Waals surface area contributed by atoms with E-state index in [-0.39, 0.29) is 34.8 Å². The molecule has 1 fully saturated rings. The molecule has 0 aliphatic heterocycles. The van der Waals surface area contributed by atoms with Crippen LogP contribution in [0.3, 0.4) is 0 Å². The van der Waals surface area contributed by atoms with Crippen LogP contribution < -0.4 is 16.0 Å². The van der Waals surface area contributed by atoms with Gasteiger partial charge in [0.1, 0.15) is 6.29 Å². The molecule has 1 aromatic rings. The zero-order chi connectivity index (χ0) is 28.3. The van der Waals surface area contributed by atoms with Gasteiger partial charge in [-0.25, -0.2) is 0 Å². The molecule has 1 aromatic carbocycles. The summed E-state index contributed by atoms with van der Waals surface area (Å²) in [6, 6.07) is 1.70. The van der Waals surface area contributed by atoms with Crippen LogP contribution >= 0.6 is 0 Å². The summed E-state index contributed by atoms with van der Waals surface area (Å²) in [4.78, 5) is 10.4. The Kier molecular flexibility index (Phi) is 12.7. The highest BCUT2D eigenvalue weighted by atomic mass is 19.4. The van der Waals surface area contributed by atoms with E-state index in [4.69, 9.17) is 6.42 Å². The van der Waals surface area contributed by atoms with Gasteiger partial charge in [0.15, 0.2) is 0 Å². The molecular formula is C27H37F6N3O. The van der Waals surface area contributed by atoms with E-state index in [2.05, 4.69) is 42.3 Å². The summed E-state index contributed by atoms with van der Waals surface area (Å²) in [7, 11) is 1.91. The van der Waals surface area contributed by atoms with Gasteiger partial charge in [-0.2, -0.15) is 26.3 Å². The Labute approximate surface area is 215 Å². The molecule has 3 N–H and O–H groups in total. The van der Waals surface area contributed by atoms with Crippen molar-refractivity contribution in [3.05, 3.63) is 41.5 Å². The Morgan fingerprint density at radius 1 is 1.03 bits per heavy atom. The van der Waals surface area contributed by atoms with Crippen molar-refractivity contribution in [2.45, 2.75) is 76.3 Å². The standard InChI is InChI=1S/C19H22F6N2O.C8H15N/c1-12(27-11-13-2-4-17(5-3-13)26-6-7-28)14-8-15(18(20,21)22)10-16(9-14)19(23,24)25;1-5-8(6-2,7-3)9-4/h7-10,13,17,26-27H,1-6,11H2;1,9H,6-7H2,2-4H3. The van der Waals surface area contributed by atoms with Crippen LogP contribution in [0.5, 0.6) is 0 Å². The van der Waals surface area contributed by atoms with Crippen molar-refractivity contribution in [3.8, 4) is 12.3 Å². The zero-order valence-corrected chi connectivity index (χ0v) is 21.6. The first kappa shape index (κ1) is 32.5. The summed E-state index contributed by atoms with van der Waals surface area (Å²) in [6.07, 6.45) is 1.73. The minimum atomic E-state index is -4.89. The molecule has 1 saturated carbocycles. The number of aldehydes is 1. The minimum Gasteiger partial charge on any atom is -0.385 e. The summed E-state index contributed by atoms with van der Waals surface area (Å²) in [5, 5.41) is 9.11. The largest absolute Gasteiger partial charge is 0.416 e. The molecular weight excluding hydrogens is 496 g/mol. The topological polar surface area (TPSA) is 53.2 Å². The first-order valence-corrected chi connectivity index (χ1v) is 12.3. The van der Waals surface area contributed by atoms with Crippen LogP contribution in [0.4, 0.5) is 26.3 Å². The average molecular weight is 534 g/mol. The van der Waals surface area contributed by atoms with Gasteiger partial charge in [-0.1, -0.05) is 26.3 Å². The molecule has 0 unspecified atom stereocenters. The first-order chi connectivity index (χ1) is 17.2. The molecule has 0 spiro atoms. The first-order valence-electron chi connectivity index (χ1n) is 12.3. The number of carbonyl (C=O) groups is 1. The van der Waals surface area contributed by atoms with Crippen LogP contribution in [-0.2, 0) is 17.1 Å². The third-order valence-corrected chi connectivity index (χ3v) is 6.84. The second kappa shape index (κ2) is 14.4. The molecule has 0 bridgehead atoms. The maximum atomic E-state index is 13.0. The smallest absolute Gasteiger partial charge is 0.385 e. The monoisotopic (exact) mass is 533 g/mol. The Morgan fingerprint density at radius 3 is 1.89 bits per heavy atom. The minimum absolute atomic E-state index is 0.0257. The van der Waals surface area contributed by atoms with Crippen LogP contribution in [-0.4, -0.2) is 38.0 Å². The van der Waals surface area contributed by atoms with Crippen molar-refractivity contribution in [2.75, 3.05) is 20.1 Å². The molecule has 4 nitrogen and oxygen atoms in total. The molecule has 208 valence electrons. The van der Waals surface area contributed by atoms with E-state index in [0.717, 1.165) is 44.8 Å². The van der Waals surface area contributed by atoms with Crippen molar-refractivity contribution in [1.29, 1.82) is 0 Å². The SMILES string of the molecule is C#CC(CC)(CC)NC.C=C(NCC1CCC(NCC=O)CC1)c1cc(C(F)(F)F)cc(C(F)(F)F)c1. The fraction of sp³-hybridized carbons (Fsp3) is 0.593. The van der Waals surface area contributed by atoms with Crippen LogP contribution in [0.1, 0.15) is 69.1 Å². The van der Waals surface area contributed by atoms with Gasteiger partial charge in [0, 0.05) is 18.3 Å². The normalized spacial score (nSPS) is 18.3. The van der Waals surface area contributed by atoms with E-state index in [1.165, 1.54) is 0 Å². The number of rotatable bonds is 10. The predicted octanol–water partition coefficient (Wildman–Crippen LogP) is 6.03. The third-order valence-electron chi connectivity index (χ3n) is 6.84. The van der Waals surface area contributed by atoms with E-state index in [9.17, 15) is 31.1 Å². The van der Waals surface area contributed by atoms with Crippen molar-refractivity contribution in [1.82, 2.24) is 16.0 Å². The molecule has 10 heteroatoms. The molecule has 1 aliphatic rings. The fourth-order valence-electron chi connectivity index (χ4n) is 4.16. The Hall–Kier alpha value is -2.51. The van der Waals surface area contributed by atoms with E-state index >= 15 is 0 Å². The molecule has 1 aliphatic carbocycles. The molecule has 37 heavy (non-hydrogen) atoms. The summed E-state index contributed by atoms with van der Waals surface area (Å²) in [5.41, 5.74) is -2.98. The second-order valence-corrected chi connectivity index (χ2v) is 9.13. The fourth-order valence-corrected chi connectivity index (χ4v) is 4.16. The van der Waals surface area contributed by atoms with Crippen LogP contribution in [0.2, 0.25) is 0 Å². The summed E-state index contributed by atoms with van der Waals surface area (Å²) < 4.78 is 77.7. The Balaban J connectivity index is 0.000000649. The van der Waals surface area contributed by atoms with Gasteiger partial charge in [-0.3, -0.25) is 0 Å². The average Bonchev–Trinajstić information content (AvgIpc) is 2.87. The van der Waals surface area contributed by atoms with Gasteiger partial charge in [0.25, 0.3) is 0 Å². The van der Waals surface area contributed by atoms with Crippen LogP contribution in [0.15, 0.2) is 24.8 Å². The Morgan fingerprint density at radius 2 is 1.54 bits per heavy atom. The second-order valence-electron chi connectivity index (χ2n) is 9.13. The lowest BCUT2D eigenvalue weighted by Gasteiger charge is -2.29. The molecule has 0 saturated heterocycles. The molecule has 0 atom stereocenters. The van der Waals surface area contributed by atoms with Crippen LogP contribution in [0, 0.1) is 18.3 Å². The van der Waals surface area contributed by atoms with Crippen molar-refractivity contribution >= 4 is 12.0 Å². The van der Waals surface area contributed by atoms with Crippen molar-refractivity contribution in [2.24, 2.45) is 5.92 Å². The highest BCUT2D eigenvalue weighted by molar-refractivity contribution is 5.63. The van der Waals surface area contributed by atoms with Crippen molar-refractivity contribution in [3.63, 3.8) is 0 Å². The highest BCUT2D eigenvalue weighted by Gasteiger charge is 2.37. The van der Waals surface area contributed by atoms with Gasteiger partial charge in [0.05, 0.1) is 23.2 Å². The number of carbonyl (C=O) groups excluding carboxylic acids is 1. The number of benzene rings is 1. The van der Waals surface area contributed by atoms with Crippen LogP contribution in [0.25, 0.3) is 5.70 Å². The molecule has 0 amide bonds. The van der Waals surface area contributed by atoms with E-state index in [0.29, 0.717) is 25.2 Å². The number of alkyl halides is 6. The number of hydrogen-bond donors (Lipinski definition) is 3. The summed E-state index contributed by atoms with van der Waals surface area (Å²) in [5.74, 6) is 2.99. The van der Waals surface area contributed by atoms with E-state index in [1.807, 2.05) is 7.05 Å². The maximum Gasteiger partial charge on any atom is 0.416 e. The lowest BCUT2D eigenvalue weighted by molar-refractivity contribution is -0.143. The van der Waals surface area contributed by atoms with Gasteiger partial charge in [-0.15, -0.1) is 6.42 Å². The number of terminal acetylenes is 1. The summed E-state index contributed by atoms with van der Waals surface area (Å²) >= 11 is 0. The Bertz CT molecular complexity index is 868.